The molecule has 3 aromatic carbocycles. The van der Waals surface area contributed by atoms with E-state index in [-0.39, 0.29) is 5.78 Å². The molecule has 0 atom stereocenters. The van der Waals surface area contributed by atoms with Crippen LogP contribution in [0.3, 0.4) is 0 Å². The van der Waals surface area contributed by atoms with Gasteiger partial charge in [-0.1, -0.05) is 42.5 Å². The van der Waals surface area contributed by atoms with Gasteiger partial charge < -0.3 is 15.0 Å². The number of ketones is 1. The van der Waals surface area contributed by atoms with Crippen molar-refractivity contribution in [2.75, 3.05) is 12.4 Å². The van der Waals surface area contributed by atoms with Crippen molar-refractivity contribution in [3.8, 4) is 5.75 Å². The lowest BCUT2D eigenvalue weighted by Crippen LogP contribution is -2.03. The number of ether oxygens (including phenoxy) is 1. The molecule has 146 valence electrons. The van der Waals surface area contributed by atoms with Crippen LogP contribution in [0.1, 0.15) is 15.9 Å². The molecule has 0 aliphatic heterocycles. The minimum absolute atomic E-state index is 0.0781. The van der Waals surface area contributed by atoms with Gasteiger partial charge in [-0.2, -0.15) is 0 Å². The first-order chi connectivity index (χ1) is 14.7. The molecule has 0 spiro atoms. The first-order valence-corrected chi connectivity index (χ1v) is 9.50. The summed E-state index contributed by atoms with van der Waals surface area (Å²) in [5.74, 6) is 1.25. The largest absolute Gasteiger partial charge is 0.497 e. The molecule has 6 heteroatoms. The molecule has 0 amide bonds. The van der Waals surface area contributed by atoms with Crippen molar-refractivity contribution in [3.05, 3.63) is 90.4 Å². The molecule has 0 aliphatic rings. The second-order valence-electron chi connectivity index (χ2n) is 6.86. The van der Waals surface area contributed by atoms with E-state index >= 15 is 0 Å². The van der Waals surface area contributed by atoms with Crippen molar-refractivity contribution >= 4 is 39.1 Å². The van der Waals surface area contributed by atoms with Crippen LogP contribution in [0.2, 0.25) is 0 Å². The quantitative estimate of drug-likeness (QED) is 0.406. The van der Waals surface area contributed by atoms with E-state index in [2.05, 4.69) is 20.3 Å². The molecule has 2 aromatic heterocycles. The maximum atomic E-state index is 13.5. The van der Waals surface area contributed by atoms with Crippen LogP contribution >= 0.6 is 0 Å². The molecule has 2 heterocycles. The lowest BCUT2D eigenvalue weighted by molar-refractivity contribution is 0.104. The Balaban J connectivity index is 1.60. The lowest BCUT2D eigenvalue weighted by Gasteiger charge is -2.09. The average molecular weight is 394 g/mol. The maximum Gasteiger partial charge on any atom is 0.195 e. The number of aromatic nitrogens is 3. The van der Waals surface area contributed by atoms with Gasteiger partial charge in [0, 0.05) is 17.4 Å². The molecule has 5 aromatic rings. The summed E-state index contributed by atoms with van der Waals surface area (Å²) in [5, 5.41) is 5.89. The molecule has 0 saturated heterocycles. The number of H-pyrrole nitrogens is 1. The summed E-state index contributed by atoms with van der Waals surface area (Å²) in [6.07, 6.45) is 3.17. The number of hydrogen-bond acceptors (Lipinski definition) is 5. The van der Waals surface area contributed by atoms with Gasteiger partial charge in [0.25, 0.3) is 0 Å². The standard InChI is InChI=1S/C24H18N4O2/c1-30-17-11-9-16(10-12-17)28-24-21-20(13-25-23(21)26-14-27-24)22(29)19-8-4-6-15-5-2-3-7-18(15)19/h2-14H,1H3,(H2,25,26,27,28). The van der Waals surface area contributed by atoms with Crippen LogP contribution in [-0.4, -0.2) is 27.8 Å². The molecule has 30 heavy (non-hydrogen) atoms. The maximum absolute atomic E-state index is 13.5. The van der Waals surface area contributed by atoms with Crippen LogP contribution in [0.4, 0.5) is 11.5 Å². The summed E-state index contributed by atoms with van der Waals surface area (Å²) in [7, 11) is 1.63. The summed E-state index contributed by atoms with van der Waals surface area (Å²) in [5.41, 5.74) is 2.61. The third-order valence-corrected chi connectivity index (χ3v) is 5.10. The fourth-order valence-corrected chi connectivity index (χ4v) is 3.62. The van der Waals surface area contributed by atoms with Gasteiger partial charge in [0.2, 0.25) is 0 Å². The monoisotopic (exact) mass is 394 g/mol. The van der Waals surface area contributed by atoms with Crippen molar-refractivity contribution in [3.63, 3.8) is 0 Å². The highest BCUT2D eigenvalue weighted by atomic mass is 16.5. The van der Waals surface area contributed by atoms with Crippen molar-refractivity contribution in [2.45, 2.75) is 0 Å². The predicted octanol–water partition coefficient (Wildman–Crippen LogP) is 5.09. The molecule has 5 rings (SSSR count). The Kier molecular flexibility index (Phi) is 4.37. The molecule has 0 fully saturated rings. The number of aromatic amines is 1. The summed E-state index contributed by atoms with van der Waals surface area (Å²) >= 11 is 0. The third-order valence-electron chi connectivity index (χ3n) is 5.10. The molecule has 0 aliphatic carbocycles. The molecule has 0 unspecified atom stereocenters. The summed E-state index contributed by atoms with van der Waals surface area (Å²) in [6.45, 7) is 0. The summed E-state index contributed by atoms with van der Waals surface area (Å²) in [4.78, 5) is 25.3. The van der Waals surface area contributed by atoms with E-state index in [1.807, 2.05) is 66.7 Å². The smallest absolute Gasteiger partial charge is 0.195 e. The van der Waals surface area contributed by atoms with Crippen LogP contribution in [0.25, 0.3) is 21.8 Å². The van der Waals surface area contributed by atoms with Gasteiger partial charge in [0.05, 0.1) is 18.1 Å². The van der Waals surface area contributed by atoms with Gasteiger partial charge in [0.1, 0.15) is 23.5 Å². The zero-order valence-electron chi connectivity index (χ0n) is 16.2. The van der Waals surface area contributed by atoms with Crippen molar-refractivity contribution in [1.82, 2.24) is 15.0 Å². The van der Waals surface area contributed by atoms with E-state index in [1.165, 1.54) is 6.33 Å². The number of nitrogens with zero attached hydrogens (tertiary/aromatic N) is 2. The van der Waals surface area contributed by atoms with Gasteiger partial charge in [-0.15, -0.1) is 0 Å². The zero-order chi connectivity index (χ0) is 20.5. The Bertz CT molecular complexity index is 1370. The van der Waals surface area contributed by atoms with Gasteiger partial charge in [-0.3, -0.25) is 4.79 Å². The topological polar surface area (TPSA) is 79.9 Å². The molecule has 2 N–H and O–H groups in total. The molecule has 0 bridgehead atoms. The number of hydrogen-bond donors (Lipinski definition) is 2. The Morgan fingerprint density at radius 1 is 0.933 bits per heavy atom. The second-order valence-corrected chi connectivity index (χ2v) is 6.86. The number of carbonyl (C=O) groups is 1. The Hall–Kier alpha value is -4.19. The molecule has 6 nitrogen and oxygen atoms in total. The predicted molar refractivity (Wildman–Crippen MR) is 118 cm³/mol. The van der Waals surface area contributed by atoms with E-state index in [0.717, 1.165) is 22.2 Å². The number of fused-ring (bicyclic) bond motifs is 2. The number of benzene rings is 3. The van der Waals surface area contributed by atoms with E-state index in [9.17, 15) is 4.79 Å². The van der Waals surface area contributed by atoms with Crippen LogP contribution < -0.4 is 10.1 Å². The highest BCUT2D eigenvalue weighted by molar-refractivity contribution is 6.22. The van der Waals surface area contributed by atoms with E-state index in [0.29, 0.717) is 28.0 Å². The molecule has 0 saturated carbocycles. The van der Waals surface area contributed by atoms with Gasteiger partial charge in [0.15, 0.2) is 5.78 Å². The van der Waals surface area contributed by atoms with E-state index in [1.54, 1.807) is 13.3 Å². The molecule has 0 radical (unpaired) electrons. The summed E-state index contributed by atoms with van der Waals surface area (Å²) < 4.78 is 5.21. The van der Waals surface area contributed by atoms with Crippen LogP contribution in [0.15, 0.2) is 79.3 Å². The highest BCUT2D eigenvalue weighted by Gasteiger charge is 2.20. The first-order valence-electron chi connectivity index (χ1n) is 9.50. The van der Waals surface area contributed by atoms with E-state index in [4.69, 9.17) is 4.74 Å². The fraction of sp³-hybridized carbons (Fsp3) is 0.0417. The first kappa shape index (κ1) is 17.9. The zero-order valence-corrected chi connectivity index (χ0v) is 16.2. The minimum Gasteiger partial charge on any atom is -0.497 e. The highest BCUT2D eigenvalue weighted by Crippen LogP contribution is 2.30. The second kappa shape index (κ2) is 7.33. The third kappa shape index (κ3) is 3.04. The Morgan fingerprint density at radius 2 is 1.73 bits per heavy atom. The minimum atomic E-state index is -0.0781. The van der Waals surface area contributed by atoms with E-state index < -0.39 is 0 Å². The number of rotatable bonds is 5. The number of nitrogens with one attached hydrogen (secondary N) is 2. The Morgan fingerprint density at radius 3 is 2.57 bits per heavy atom. The van der Waals surface area contributed by atoms with Crippen LogP contribution in [0.5, 0.6) is 5.75 Å². The van der Waals surface area contributed by atoms with Gasteiger partial charge in [-0.25, -0.2) is 9.97 Å². The normalized spacial score (nSPS) is 11.0. The number of carbonyl (C=O) groups excluding carboxylic acids is 1. The van der Waals surface area contributed by atoms with Crippen molar-refractivity contribution < 1.29 is 9.53 Å². The fourth-order valence-electron chi connectivity index (χ4n) is 3.62. The Labute approximate surface area is 172 Å². The van der Waals surface area contributed by atoms with Gasteiger partial charge >= 0.3 is 0 Å². The molecular formula is C24H18N4O2. The van der Waals surface area contributed by atoms with Gasteiger partial charge in [-0.05, 0) is 35.0 Å². The SMILES string of the molecule is COc1ccc(Nc2ncnc3[nH]cc(C(=O)c4cccc5ccccc45)c23)cc1. The summed E-state index contributed by atoms with van der Waals surface area (Å²) in [6, 6.07) is 21.1. The average Bonchev–Trinajstić information content (AvgIpc) is 3.24. The van der Waals surface area contributed by atoms with Crippen molar-refractivity contribution in [2.24, 2.45) is 0 Å². The lowest BCUT2D eigenvalue weighted by atomic mass is 9.97. The van der Waals surface area contributed by atoms with Crippen LogP contribution in [0, 0.1) is 0 Å². The van der Waals surface area contributed by atoms with Crippen molar-refractivity contribution in [1.29, 1.82) is 0 Å². The number of anilines is 2. The number of methoxy groups -OCH3 is 1. The van der Waals surface area contributed by atoms with Crippen LogP contribution in [-0.2, 0) is 0 Å². The molecular weight excluding hydrogens is 376 g/mol.